The molecule has 0 bridgehead atoms. The predicted molar refractivity (Wildman–Crippen MR) is 54.1 cm³/mol. The van der Waals surface area contributed by atoms with Gasteiger partial charge in [0.2, 0.25) is 5.91 Å². The van der Waals surface area contributed by atoms with E-state index in [1.54, 1.807) is 4.90 Å². The highest BCUT2D eigenvalue weighted by Gasteiger charge is 2.26. The van der Waals surface area contributed by atoms with Gasteiger partial charge < -0.3 is 14.7 Å². The van der Waals surface area contributed by atoms with Crippen LogP contribution in [0.2, 0.25) is 0 Å². The molecule has 78 valence electrons. The van der Waals surface area contributed by atoms with E-state index in [1.165, 1.54) is 0 Å². The van der Waals surface area contributed by atoms with Gasteiger partial charge in [0.05, 0.1) is 13.1 Å². The fourth-order valence-electron chi connectivity index (χ4n) is 1.79. The van der Waals surface area contributed by atoms with Crippen LogP contribution in [-0.4, -0.2) is 73.4 Å². The van der Waals surface area contributed by atoms with Gasteiger partial charge in [-0.3, -0.25) is 9.79 Å². The van der Waals surface area contributed by atoms with Gasteiger partial charge in [-0.2, -0.15) is 0 Å². The zero-order valence-corrected chi connectivity index (χ0v) is 8.73. The Labute approximate surface area is 84.0 Å². The van der Waals surface area contributed by atoms with Crippen molar-refractivity contribution in [2.75, 3.05) is 46.8 Å². The Bertz CT molecular complexity index is 276. The van der Waals surface area contributed by atoms with Crippen molar-refractivity contribution in [2.24, 2.45) is 4.99 Å². The van der Waals surface area contributed by atoms with E-state index in [2.05, 4.69) is 14.8 Å². The van der Waals surface area contributed by atoms with Crippen LogP contribution in [0.3, 0.4) is 0 Å². The van der Waals surface area contributed by atoms with Crippen LogP contribution in [0.25, 0.3) is 0 Å². The maximum atomic E-state index is 11.5. The molecule has 0 aromatic rings. The van der Waals surface area contributed by atoms with E-state index in [1.807, 2.05) is 14.1 Å². The molecule has 0 saturated carbocycles. The fourth-order valence-corrected chi connectivity index (χ4v) is 1.79. The normalized spacial score (nSPS) is 23.1. The molecule has 14 heavy (non-hydrogen) atoms. The molecule has 5 nitrogen and oxygen atoms in total. The molecule has 2 rings (SSSR count). The Hall–Kier alpha value is -1.26. The van der Waals surface area contributed by atoms with Crippen LogP contribution >= 0.6 is 0 Å². The minimum absolute atomic E-state index is 0.180. The molecule has 0 radical (unpaired) electrons. The summed E-state index contributed by atoms with van der Waals surface area (Å²) in [5, 5.41) is 0. The quantitative estimate of drug-likeness (QED) is 0.502. The number of piperazine rings is 1. The first-order valence-corrected chi connectivity index (χ1v) is 4.93. The molecular formula is C9H16N4O. The van der Waals surface area contributed by atoms with Crippen molar-refractivity contribution < 1.29 is 4.79 Å². The second-order valence-electron chi connectivity index (χ2n) is 3.84. The first-order valence-electron chi connectivity index (χ1n) is 4.93. The summed E-state index contributed by atoms with van der Waals surface area (Å²) in [6, 6.07) is 0. The molecule has 2 aliphatic rings. The molecule has 5 heteroatoms. The zero-order chi connectivity index (χ0) is 10.1. The average molecular weight is 196 g/mol. The third-order valence-electron chi connectivity index (χ3n) is 2.77. The van der Waals surface area contributed by atoms with Crippen molar-refractivity contribution in [2.45, 2.75) is 0 Å². The number of hydrogen-bond donors (Lipinski definition) is 0. The van der Waals surface area contributed by atoms with E-state index in [9.17, 15) is 4.79 Å². The first kappa shape index (κ1) is 9.30. The Morgan fingerprint density at radius 2 is 1.93 bits per heavy atom. The van der Waals surface area contributed by atoms with Gasteiger partial charge in [-0.05, 0) is 0 Å². The average Bonchev–Trinajstić information content (AvgIpc) is 2.57. The lowest BCUT2D eigenvalue weighted by molar-refractivity contribution is -0.132. The minimum atomic E-state index is 0.180. The van der Waals surface area contributed by atoms with Gasteiger partial charge in [-0.1, -0.05) is 0 Å². The number of guanidine groups is 1. The van der Waals surface area contributed by atoms with Gasteiger partial charge in [0.25, 0.3) is 0 Å². The first-order chi connectivity index (χ1) is 6.68. The third-order valence-corrected chi connectivity index (χ3v) is 2.77. The van der Waals surface area contributed by atoms with Crippen LogP contribution in [0.15, 0.2) is 4.99 Å². The summed E-state index contributed by atoms with van der Waals surface area (Å²) in [6.45, 7) is 3.99. The Morgan fingerprint density at radius 1 is 1.14 bits per heavy atom. The van der Waals surface area contributed by atoms with Crippen LogP contribution in [0.4, 0.5) is 0 Å². The van der Waals surface area contributed by atoms with Gasteiger partial charge in [0, 0.05) is 33.7 Å². The SMILES string of the molecule is CN1CCN(C2=NCCN2C)CC1=O. The summed E-state index contributed by atoms with van der Waals surface area (Å²) in [6.07, 6.45) is 0. The van der Waals surface area contributed by atoms with E-state index >= 15 is 0 Å². The summed E-state index contributed by atoms with van der Waals surface area (Å²) in [4.78, 5) is 21.8. The molecule has 0 aromatic carbocycles. The van der Waals surface area contributed by atoms with E-state index in [0.29, 0.717) is 6.54 Å². The molecule has 1 saturated heterocycles. The third kappa shape index (κ3) is 1.54. The second-order valence-corrected chi connectivity index (χ2v) is 3.84. The highest BCUT2D eigenvalue weighted by molar-refractivity contribution is 5.88. The van der Waals surface area contributed by atoms with E-state index in [-0.39, 0.29) is 5.91 Å². The van der Waals surface area contributed by atoms with Crippen molar-refractivity contribution in [1.82, 2.24) is 14.7 Å². The smallest absolute Gasteiger partial charge is 0.242 e. The highest BCUT2D eigenvalue weighted by atomic mass is 16.2. The lowest BCUT2D eigenvalue weighted by atomic mass is 10.3. The van der Waals surface area contributed by atoms with E-state index in [0.717, 1.165) is 32.1 Å². The molecule has 0 aliphatic carbocycles. The van der Waals surface area contributed by atoms with Crippen molar-refractivity contribution >= 4 is 11.9 Å². The molecule has 2 heterocycles. The molecular weight excluding hydrogens is 180 g/mol. The largest absolute Gasteiger partial charge is 0.344 e. The molecule has 0 atom stereocenters. The number of nitrogens with zero attached hydrogens (tertiary/aromatic N) is 4. The fraction of sp³-hybridized carbons (Fsp3) is 0.778. The van der Waals surface area contributed by atoms with Crippen molar-refractivity contribution in [3.8, 4) is 0 Å². The molecule has 0 aromatic heterocycles. The molecule has 1 amide bonds. The van der Waals surface area contributed by atoms with Gasteiger partial charge >= 0.3 is 0 Å². The van der Waals surface area contributed by atoms with E-state index < -0.39 is 0 Å². The van der Waals surface area contributed by atoms with Crippen molar-refractivity contribution in [3.05, 3.63) is 0 Å². The second kappa shape index (κ2) is 3.48. The zero-order valence-electron chi connectivity index (χ0n) is 8.73. The Balaban J connectivity index is 2.03. The monoisotopic (exact) mass is 196 g/mol. The number of carbonyl (C=O) groups is 1. The van der Waals surface area contributed by atoms with Crippen molar-refractivity contribution in [1.29, 1.82) is 0 Å². The summed E-state index contributed by atoms with van der Waals surface area (Å²) < 4.78 is 0. The number of hydrogen-bond acceptors (Lipinski definition) is 4. The minimum Gasteiger partial charge on any atom is -0.344 e. The van der Waals surface area contributed by atoms with Crippen molar-refractivity contribution in [3.63, 3.8) is 0 Å². The number of likely N-dealkylation sites (N-methyl/N-ethyl adjacent to an activating group) is 2. The van der Waals surface area contributed by atoms with Crippen LogP contribution in [0.1, 0.15) is 0 Å². The summed E-state index contributed by atoms with van der Waals surface area (Å²) in [5.41, 5.74) is 0. The summed E-state index contributed by atoms with van der Waals surface area (Å²) >= 11 is 0. The van der Waals surface area contributed by atoms with Gasteiger partial charge in [0.1, 0.15) is 0 Å². The van der Waals surface area contributed by atoms with Crippen LogP contribution in [0, 0.1) is 0 Å². The molecule has 0 spiro atoms. The summed E-state index contributed by atoms with van der Waals surface area (Å²) in [7, 11) is 3.87. The van der Waals surface area contributed by atoms with E-state index in [4.69, 9.17) is 0 Å². The number of carbonyl (C=O) groups excluding carboxylic acids is 1. The molecule has 0 N–H and O–H groups in total. The summed E-state index contributed by atoms with van der Waals surface area (Å²) in [5.74, 6) is 1.16. The van der Waals surface area contributed by atoms with Crippen LogP contribution < -0.4 is 0 Å². The number of rotatable bonds is 0. The van der Waals surface area contributed by atoms with Crippen LogP contribution in [0.5, 0.6) is 0 Å². The highest BCUT2D eigenvalue weighted by Crippen LogP contribution is 2.08. The van der Waals surface area contributed by atoms with Crippen LogP contribution in [-0.2, 0) is 4.79 Å². The standard InChI is InChI=1S/C9H16N4O/c1-11-5-6-13(7-8(11)14)9-10-3-4-12(9)2/h3-7H2,1-2H3. The molecule has 0 unspecified atom stereocenters. The lowest BCUT2D eigenvalue weighted by Gasteiger charge is -2.35. The number of aliphatic imine (C=N–C) groups is 1. The lowest BCUT2D eigenvalue weighted by Crippen LogP contribution is -2.53. The molecule has 1 fully saturated rings. The maximum Gasteiger partial charge on any atom is 0.242 e. The van der Waals surface area contributed by atoms with Gasteiger partial charge in [-0.25, -0.2) is 0 Å². The Morgan fingerprint density at radius 3 is 2.50 bits per heavy atom. The van der Waals surface area contributed by atoms with Gasteiger partial charge in [0.15, 0.2) is 5.96 Å². The number of amides is 1. The molecule has 2 aliphatic heterocycles. The van der Waals surface area contributed by atoms with Gasteiger partial charge in [-0.15, -0.1) is 0 Å². The predicted octanol–water partition coefficient (Wildman–Crippen LogP) is -0.938. The Kier molecular flexibility index (Phi) is 2.31. The topological polar surface area (TPSA) is 39.1 Å². The maximum absolute atomic E-state index is 11.5.